The van der Waals surface area contributed by atoms with E-state index in [1.807, 2.05) is 54.6 Å². The van der Waals surface area contributed by atoms with Crippen LogP contribution in [0, 0.1) is 13.8 Å². The number of carbonyl (C=O) groups is 1. The number of nitrogens with one attached hydrogen (secondary N) is 2. The van der Waals surface area contributed by atoms with Gasteiger partial charge < -0.3 is 24.8 Å². The van der Waals surface area contributed by atoms with Crippen molar-refractivity contribution >= 4 is 28.9 Å². The van der Waals surface area contributed by atoms with Crippen molar-refractivity contribution in [1.29, 1.82) is 0 Å². The van der Waals surface area contributed by atoms with E-state index >= 15 is 0 Å². The van der Waals surface area contributed by atoms with Gasteiger partial charge in [-0.1, -0.05) is 31.2 Å². The number of hydrogen-bond donors (Lipinski definition) is 2. The number of thiocarbonyl (C=S) groups is 1. The Morgan fingerprint density at radius 3 is 2.52 bits per heavy atom. The van der Waals surface area contributed by atoms with E-state index in [9.17, 15) is 4.79 Å². The van der Waals surface area contributed by atoms with Crippen LogP contribution in [0.4, 0.5) is 5.69 Å². The molecule has 7 nitrogen and oxygen atoms in total. The summed E-state index contributed by atoms with van der Waals surface area (Å²) < 4.78 is 7.61. The molecule has 1 saturated heterocycles. The summed E-state index contributed by atoms with van der Waals surface area (Å²) in [4.78, 5) is 19.9. The molecule has 0 radical (unpaired) electrons. The van der Waals surface area contributed by atoms with E-state index in [0.29, 0.717) is 18.1 Å². The van der Waals surface area contributed by atoms with Crippen LogP contribution in [0.5, 0.6) is 5.75 Å². The summed E-state index contributed by atoms with van der Waals surface area (Å²) in [5.74, 6) is 0.783. The van der Waals surface area contributed by atoms with Crippen molar-refractivity contribution in [2.45, 2.75) is 45.7 Å². The van der Waals surface area contributed by atoms with E-state index in [1.165, 1.54) is 0 Å². The second-order valence-electron chi connectivity index (χ2n) is 9.99. The standard InChI is InChI=1S/C32H35N5O2S/c1-5-23-10-6-7-11-27(23)34-29(38)17-19-36-31(30(35-32(36)40)28-12-8-9-18-33-28)26-20-21(2)37(22(26)3)24-13-15-25(39-4)16-14-24/h6-16,18,20,30-31H,5,17,19H2,1-4H3,(H,34,38)(H,35,40)/t30-,31-/m0/s1. The highest BCUT2D eigenvalue weighted by atomic mass is 32.1. The molecular formula is C32H35N5O2S. The second-order valence-corrected chi connectivity index (χ2v) is 10.4. The number of aryl methyl sites for hydroxylation is 2. The molecule has 3 heterocycles. The molecule has 1 aliphatic heterocycles. The lowest BCUT2D eigenvalue weighted by Crippen LogP contribution is -2.33. The number of methoxy groups -OCH3 is 1. The van der Waals surface area contributed by atoms with Gasteiger partial charge in [0.2, 0.25) is 5.91 Å². The molecular weight excluding hydrogens is 518 g/mol. The molecule has 0 saturated carbocycles. The van der Waals surface area contributed by atoms with Crippen LogP contribution in [0.3, 0.4) is 0 Å². The third kappa shape index (κ3) is 5.45. The van der Waals surface area contributed by atoms with Gasteiger partial charge >= 0.3 is 0 Å². The van der Waals surface area contributed by atoms with Gasteiger partial charge in [0.15, 0.2) is 5.11 Å². The summed E-state index contributed by atoms with van der Waals surface area (Å²) in [6.45, 7) is 6.81. The normalized spacial score (nSPS) is 16.6. The molecule has 1 aliphatic rings. The fourth-order valence-corrected chi connectivity index (χ4v) is 5.92. The van der Waals surface area contributed by atoms with E-state index in [1.54, 1.807) is 13.3 Å². The minimum absolute atomic E-state index is 0.0348. The van der Waals surface area contributed by atoms with Crippen LogP contribution in [0.2, 0.25) is 0 Å². The Hall–Kier alpha value is -4.17. The molecule has 0 aliphatic carbocycles. The van der Waals surface area contributed by atoms with Crippen LogP contribution in [0.15, 0.2) is 79.0 Å². The fourth-order valence-electron chi connectivity index (χ4n) is 5.59. The topological polar surface area (TPSA) is 71.4 Å². The molecule has 2 atom stereocenters. The van der Waals surface area contributed by atoms with Crippen molar-refractivity contribution < 1.29 is 9.53 Å². The number of benzene rings is 2. The van der Waals surface area contributed by atoms with Crippen molar-refractivity contribution in [2.75, 3.05) is 19.0 Å². The van der Waals surface area contributed by atoms with Crippen molar-refractivity contribution in [3.8, 4) is 11.4 Å². The molecule has 0 spiro atoms. The zero-order chi connectivity index (χ0) is 28.2. The zero-order valence-electron chi connectivity index (χ0n) is 23.3. The van der Waals surface area contributed by atoms with Crippen molar-refractivity contribution in [1.82, 2.24) is 19.8 Å². The number of pyridine rings is 1. The lowest BCUT2D eigenvalue weighted by atomic mass is 9.96. The summed E-state index contributed by atoms with van der Waals surface area (Å²) in [6.07, 6.45) is 2.97. The van der Waals surface area contributed by atoms with Crippen LogP contribution < -0.4 is 15.4 Å². The minimum atomic E-state index is -0.151. The van der Waals surface area contributed by atoms with Gasteiger partial charge in [0.05, 0.1) is 24.9 Å². The minimum Gasteiger partial charge on any atom is -0.497 e. The Kier molecular flexibility index (Phi) is 8.16. The smallest absolute Gasteiger partial charge is 0.226 e. The number of carbonyl (C=O) groups excluding carboxylic acids is 1. The zero-order valence-corrected chi connectivity index (χ0v) is 24.2. The number of amides is 1. The van der Waals surface area contributed by atoms with Gasteiger partial charge in [0.25, 0.3) is 0 Å². The summed E-state index contributed by atoms with van der Waals surface area (Å²) in [5.41, 5.74) is 7.33. The Morgan fingerprint density at radius 1 is 1.07 bits per heavy atom. The number of ether oxygens (including phenoxy) is 1. The first-order valence-corrected chi connectivity index (χ1v) is 14.0. The molecule has 0 bridgehead atoms. The summed E-state index contributed by atoms with van der Waals surface area (Å²) in [7, 11) is 1.67. The van der Waals surface area contributed by atoms with E-state index < -0.39 is 0 Å². The predicted octanol–water partition coefficient (Wildman–Crippen LogP) is 6.06. The van der Waals surface area contributed by atoms with Crippen LogP contribution >= 0.6 is 12.2 Å². The van der Waals surface area contributed by atoms with Gasteiger partial charge in [-0.25, -0.2) is 0 Å². The molecule has 1 amide bonds. The Labute approximate surface area is 241 Å². The van der Waals surface area contributed by atoms with Crippen molar-refractivity contribution in [3.05, 3.63) is 107 Å². The average Bonchev–Trinajstić information content (AvgIpc) is 3.46. The van der Waals surface area contributed by atoms with Gasteiger partial charge in [-0.15, -0.1) is 0 Å². The maximum Gasteiger partial charge on any atom is 0.226 e. The van der Waals surface area contributed by atoms with Gasteiger partial charge in [-0.05, 0) is 92.1 Å². The van der Waals surface area contributed by atoms with Gasteiger partial charge in [-0.3, -0.25) is 9.78 Å². The third-order valence-electron chi connectivity index (χ3n) is 7.57. The maximum atomic E-state index is 13.1. The first kappa shape index (κ1) is 27.4. The molecule has 2 aromatic heterocycles. The SMILES string of the molecule is CCc1ccccc1NC(=O)CCN1C(=S)N[C@@H](c2ccccn2)[C@@H]1c1cc(C)n(-c2ccc(OC)cc2)c1C. The predicted molar refractivity (Wildman–Crippen MR) is 163 cm³/mol. The quantitative estimate of drug-likeness (QED) is 0.246. The highest BCUT2D eigenvalue weighted by Gasteiger charge is 2.41. The maximum absolute atomic E-state index is 13.1. The van der Waals surface area contributed by atoms with E-state index in [-0.39, 0.29) is 18.0 Å². The van der Waals surface area contributed by atoms with Gasteiger partial charge in [0.1, 0.15) is 5.75 Å². The highest BCUT2D eigenvalue weighted by Crippen LogP contribution is 2.41. The lowest BCUT2D eigenvalue weighted by Gasteiger charge is -2.28. The van der Waals surface area contributed by atoms with Crippen molar-refractivity contribution in [3.63, 3.8) is 0 Å². The van der Waals surface area contributed by atoms with Crippen LogP contribution in [-0.2, 0) is 11.2 Å². The van der Waals surface area contributed by atoms with E-state index in [4.69, 9.17) is 17.0 Å². The molecule has 206 valence electrons. The average molecular weight is 554 g/mol. The molecule has 2 aromatic carbocycles. The molecule has 2 N–H and O–H groups in total. The molecule has 4 aromatic rings. The lowest BCUT2D eigenvalue weighted by molar-refractivity contribution is -0.116. The van der Waals surface area contributed by atoms with Crippen LogP contribution in [0.1, 0.15) is 53.6 Å². The Bertz CT molecular complexity index is 1500. The number of anilines is 1. The summed E-state index contributed by atoms with van der Waals surface area (Å²) in [6, 6.07) is 23.9. The first-order valence-electron chi connectivity index (χ1n) is 13.6. The first-order chi connectivity index (χ1) is 19.4. The molecule has 5 rings (SSSR count). The number of hydrogen-bond acceptors (Lipinski definition) is 4. The number of rotatable bonds is 9. The summed E-state index contributed by atoms with van der Waals surface area (Å²) >= 11 is 5.85. The second kappa shape index (κ2) is 11.9. The highest BCUT2D eigenvalue weighted by molar-refractivity contribution is 7.80. The number of para-hydroxylation sites is 1. The third-order valence-corrected chi connectivity index (χ3v) is 7.92. The van der Waals surface area contributed by atoms with Crippen molar-refractivity contribution in [2.24, 2.45) is 0 Å². The number of nitrogens with zero attached hydrogens (tertiary/aromatic N) is 3. The fraction of sp³-hybridized carbons (Fsp3) is 0.281. The van der Waals surface area contributed by atoms with E-state index in [0.717, 1.165) is 51.8 Å². The van der Waals surface area contributed by atoms with Crippen LogP contribution in [0.25, 0.3) is 5.69 Å². The summed E-state index contributed by atoms with van der Waals surface area (Å²) in [5, 5.41) is 7.23. The number of aromatic nitrogens is 2. The molecule has 0 unspecified atom stereocenters. The largest absolute Gasteiger partial charge is 0.497 e. The van der Waals surface area contributed by atoms with Gasteiger partial charge in [0, 0.05) is 41.9 Å². The van der Waals surface area contributed by atoms with E-state index in [2.05, 4.69) is 64.1 Å². The monoisotopic (exact) mass is 553 g/mol. The molecule has 8 heteroatoms. The molecule has 1 fully saturated rings. The Balaban J connectivity index is 1.46. The van der Waals surface area contributed by atoms with Crippen LogP contribution in [-0.4, -0.2) is 39.1 Å². The molecule has 40 heavy (non-hydrogen) atoms. The Morgan fingerprint density at radius 2 is 1.82 bits per heavy atom. The van der Waals surface area contributed by atoms with Gasteiger partial charge in [-0.2, -0.15) is 0 Å².